The molecule has 0 unspecified atom stereocenters. The van der Waals surface area contributed by atoms with Crippen molar-refractivity contribution in [1.29, 1.82) is 0 Å². The fraction of sp³-hybridized carbons (Fsp3) is 0.385. The molecule has 1 aromatic carbocycles. The van der Waals surface area contributed by atoms with Gasteiger partial charge in [-0.15, -0.1) is 11.3 Å². The van der Waals surface area contributed by atoms with Crippen LogP contribution in [0.25, 0.3) is 10.1 Å². The normalized spacial score (nSPS) is 17.6. The molecule has 0 bridgehead atoms. The lowest BCUT2D eigenvalue weighted by Crippen LogP contribution is -2.27. The Hall–Kier alpha value is -1.06. The predicted molar refractivity (Wildman–Crippen MR) is 71.5 cm³/mol. The van der Waals surface area contributed by atoms with Crippen molar-refractivity contribution in [2.45, 2.75) is 6.42 Å². The van der Waals surface area contributed by atoms with Crippen molar-refractivity contribution >= 4 is 27.1 Å². The summed E-state index contributed by atoms with van der Waals surface area (Å²) in [5, 5.41) is 7.05. The fourth-order valence-electron chi connectivity index (χ4n) is 2.34. The number of nitrogens with one attached hydrogen (secondary N) is 1. The van der Waals surface area contributed by atoms with Crippen LogP contribution in [0.2, 0.25) is 0 Å². The molecule has 1 saturated heterocycles. The van der Waals surface area contributed by atoms with Crippen LogP contribution in [-0.2, 0) is 0 Å². The number of anilines is 1. The third kappa shape index (κ3) is 1.81. The lowest BCUT2D eigenvalue weighted by molar-refractivity contribution is 0.724. The van der Waals surface area contributed by atoms with Gasteiger partial charge < -0.3 is 10.2 Å². The summed E-state index contributed by atoms with van der Waals surface area (Å²) in [6.07, 6.45) is 1.24. The monoisotopic (exact) mass is 232 g/mol. The Kier molecular flexibility index (Phi) is 2.80. The van der Waals surface area contributed by atoms with Gasteiger partial charge in [0.05, 0.1) is 0 Å². The summed E-state index contributed by atoms with van der Waals surface area (Å²) in [6, 6.07) is 8.88. The first-order chi connectivity index (χ1) is 7.95. The van der Waals surface area contributed by atoms with Gasteiger partial charge in [-0.2, -0.15) is 0 Å². The van der Waals surface area contributed by atoms with Gasteiger partial charge >= 0.3 is 0 Å². The van der Waals surface area contributed by atoms with E-state index in [0.717, 1.165) is 19.6 Å². The highest BCUT2D eigenvalue weighted by molar-refractivity contribution is 7.17. The van der Waals surface area contributed by atoms with Crippen LogP contribution in [0.15, 0.2) is 29.6 Å². The molecule has 1 N–H and O–H groups in total. The molecule has 2 nitrogen and oxygen atoms in total. The highest BCUT2D eigenvalue weighted by Gasteiger charge is 2.12. The number of rotatable bonds is 1. The summed E-state index contributed by atoms with van der Waals surface area (Å²) in [6.45, 7) is 4.54. The number of benzene rings is 1. The molecular weight excluding hydrogens is 216 g/mol. The summed E-state index contributed by atoms with van der Waals surface area (Å²) in [7, 11) is 0. The summed E-state index contributed by atoms with van der Waals surface area (Å²) < 4.78 is 1.40. The molecule has 0 radical (unpaired) electrons. The van der Waals surface area contributed by atoms with Gasteiger partial charge in [0.25, 0.3) is 0 Å². The molecule has 2 heterocycles. The van der Waals surface area contributed by atoms with Crippen LogP contribution in [0.1, 0.15) is 6.42 Å². The first kappa shape index (κ1) is 10.1. The summed E-state index contributed by atoms with van der Waals surface area (Å²) in [4.78, 5) is 2.51. The lowest BCUT2D eigenvalue weighted by Gasteiger charge is -2.23. The molecule has 0 saturated carbocycles. The van der Waals surface area contributed by atoms with Gasteiger partial charge in [0.1, 0.15) is 0 Å². The van der Waals surface area contributed by atoms with E-state index in [1.54, 1.807) is 0 Å². The average Bonchev–Trinajstić information content (AvgIpc) is 2.63. The Labute approximate surface area is 99.9 Å². The zero-order valence-corrected chi connectivity index (χ0v) is 10.1. The van der Waals surface area contributed by atoms with Gasteiger partial charge in [-0.05, 0) is 36.5 Å². The Bertz CT molecular complexity index is 469. The fourth-order valence-corrected chi connectivity index (χ4v) is 3.15. The van der Waals surface area contributed by atoms with E-state index < -0.39 is 0 Å². The van der Waals surface area contributed by atoms with E-state index in [1.165, 1.54) is 28.7 Å². The second kappa shape index (κ2) is 4.44. The van der Waals surface area contributed by atoms with E-state index in [4.69, 9.17) is 0 Å². The maximum Gasteiger partial charge on any atom is 0.0454 e. The molecule has 84 valence electrons. The van der Waals surface area contributed by atoms with E-state index in [9.17, 15) is 0 Å². The SMILES string of the molecule is c1cc(N2CCCNCC2)c2ccsc2c1. The maximum atomic E-state index is 3.45. The van der Waals surface area contributed by atoms with Crippen molar-refractivity contribution in [3.63, 3.8) is 0 Å². The third-order valence-electron chi connectivity index (χ3n) is 3.15. The predicted octanol–water partition coefficient (Wildman–Crippen LogP) is 2.70. The minimum absolute atomic E-state index is 1.10. The van der Waals surface area contributed by atoms with E-state index in [-0.39, 0.29) is 0 Å². The minimum Gasteiger partial charge on any atom is -0.370 e. The largest absolute Gasteiger partial charge is 0.370 e. The standard InChI is InChI=1S/C13H16N2S/c1-3-12(11-5-10-16-13(11)4-1)15-8-2-6-14-7-9-15/h1,3-5,10,14H,2,6-9H2. The van der Waals surface area contributed by atoms with Crippen molar-refractivity contribution in [3.05, 3.63) is 29.6 Å². The zero-order valence-electron chi connectivity index (χ0n) is 9.28. The van der Waals surface area contributed by atoms with Crippen molar-refractivity contribution < 1.29 is 0 Å². The Morgan fingerprint density at radius 2 is 2.12 bits per heavy atom. The molecule has 16 heavy (non-hydrogen) atoms. The highest BCUT2D eigenvalue weighted by atomic mass is 32.1. The van der Waals surface area contributed by atoms with Crippen molar-refractivity contribution in [3.8, 4) is 0 Å². The second-order valence-electron chi connectivity index (χ2n) is 4.20. The number of hydrogen-bond donors (Lipinski definition) is 1. The van der Waals surface area contributed by atoms with Crippen LogP contribution < -0.4 is 10.2 Å². The molecule has 2 aromatic rings. The number of thiophene rings is 1. The topological polar surface area (TPSA) is 15.3 Å². The highest BCUT2D eigenvalue weighted by Crippen LogP contribution is 2.30. The van der Waals surface area contributed by atoms with Gasteiger partial charge in [-0.25, -0.2) is 0 Å². The number of nitrogens with zero attached hydrogens (tertiary/aromatic N) is 1. The van der Waals surface area contributed by atoms with Crippen molar-refractivity contribution in [1.82, 2.24) is 5.32 Å². The van der Waals surface area contributed by atoms with Crippen LogP contribution in [0, 0.1) is 0 Å². The zero-order chi connectivity index (χ0) is 10.8. The van der Waals surface area contributed by atoms with E-state index in [2.05, 4.69) is 39.9 Å². The van der Waals surface area contributed by atoms with Gasteiger partial charge in [-0.3, -0.25) is 0 Å². The molecule has 0 amide bonds. The quantitative estimate of drug-likeness (QED) is 0.813. The molecule has 1 fully saturated rings. The Balaban J connectivity index is 2.00. The number of fused-ring (bicyclic) bond motifs is 1. The van der Waals surface area contributed by atoms with Gasteiger partial charge in [0.15, 0.2) is 0 Å². The first-order valence-electron chi connectivity index (χ1n) is 5.87. The van der Waals surface area contributed by atoms with E-state index >= 15 is 0 Å². The summed E-state index contributed by atoms with van der Waals surface area (Å²) >= 11 is 1.83. The van der Waals surface area contributed by atoms with Gasteiger partial charge in [0, 0.05) is 35.4 Å². The summed E-state index contributed by atoms with van der Waals surface area (Å²) in [5.74, 6) is 0. The Morgan fingerprint density at radius 3 is 3.12 bits per heavy atom. The molecule has 1 aromatic heterocycles. The molecule has 3 heteroatoms. The minimum atomic E-state index is 1.10. The third-order valence-corrected chi connectivity index (χ3v) is 4.04. The molecule has 1 aliphatic heterocycles. The van der Waals surface area contributed by atoms with Crippen LogP contribution >= 0.6 is 11.3 Å². The second-order valence-corrected chi connectivity index (χ2v) is 5.15. The smallest absolute Gasteiger partial charge is 0.0454 e. The molecule has 0 spiro atoms. The van der Waals surface area contributed by atoms with Gasteiger partial charge in [0.2, 0.25) is 0 Å². The van der Waals surface area contributed by atoms with Crippen molar-refractivity contribution in [2.75, 3.05) is 31.1 Å². The summed E-state index contributed by atoms with van der Waals surface area (Å²) in [5.41, 5.74) is 1.41. The lowest BCUT2D eigenvalue weighted by atomic mass is 10.2. The van der Waals surface area contributed by atoms with Crippen LogP contribution in [0.4, 0.5) is 5.69 Å². The van der Waals surface area contributed by atoms with Crippen molar-refractivity contribution in [2.24, 2.45) is 0 Å². The van der Waals surface area contributed by atoms with Crippen LogP contribution in [0.3, 0.4) is 0 Å². The van der Waals surface area contributed by atoms with E-state index in [1.807, 2.05) is 11.3 Å². The molecule has 1 aliphatic rings. The molecular formula is C13H16N2S. The molecule has 0 aliphatic carbocycles. The van der Waals surface area contributed by atoms with E-state index in [0.29, 0.717) is 0 Å². The average molecular weight is 232 g/mol. The maximum absolute atomic E-state index is 3.45. The van der Waals surface area contributed by atoms with Crippen LogP contribution in [-0.4, -0.2) is 26.2 Å². The van der Waals surface area contributed by atoms with Gasteiger partial charge in [-0.1, -0.05) is 6.07 Å². The Morgan fingerprint density at radius 1 is 1.12 bits per heavy atom. The molecule has 3 rings (SSSR count). The van der Waals surface area contributed by atoms with Crippen LogP contribution in [0.5, 0.6) is 0 Å². The number of hydrogen-bond acceptors (Lipinski definition) is 3. The first-order valence-corrected chi connectivity index (χ1v) is 6.75. The molecule has 0 atom stereocenters.